The van der Waals surface area contributed by atoms with E-state index in [4.69, 9.17) is 4.74 Å². The number of H-pyrrole nitrogens is 1. The van der Waals surface area contributed by atoms with Gasteiger partial charge in [0, 0.05) is 29.9 Å². The molecule has 0 atom stereocenters. The maximum absolute atomic E-state index is 12.1. The zero-order chi connectivity index (χ0) is 17.0. The number of nitrogens with one attached hydrogen (secondary N) is 1. The van der Waals surface area contributed by atoms with Crippen LogP contribution < -0.4 is 0 Å². The summed E-state index contributed by atoms with van der Waals surface area (Å²) in [6, 6.07) is 0. The minimum Gasteiger partial charge on any atom is -0.444 e. The summed E-state index contributed by atoms with van der Waals surface area (Å²) in [6.45, 7) is 11.6. The molecule has 1 N–H and O–H groups in total. The first-order chi connectivity index (χ1) is 10.8. The maximum Gasteiger partial charge on any atom is 0.410 e. The predicted molar refractivity (Wildman–Crippen MR) is 93.9 cm³/mol. The fourth-order valence-electron chi connectivity index (χ4n) is 2.64. The van der Waals surface area contributed by atoms with E-state index < -0.39 is 5.60 Å². The van der Waals surface area contributed by atoms with Gasteiger partial charge in [0.2, 0.25) is 0 Å². The Hall–Kier alpha value is -1.17. The molecular formula is C17H29N3O2S. The van der Waals surface area contributed by atoms with Gasteiger partial charge in [0.15, 0.2) is 0 Å². The molecule has 1 aliphatic rings. The van der Waals surface area contributed by atoms with Crippen molar-refractivity contribution in [3.63, 3.8) is 0 Å². The van der Waals surface area contributed by atoms with E-state index in [9.17, 15) is 4.79 Å². The van der Waals surface area contributed by atoms with Crippen LogP contribution in [0, 0.1) is 5.92 Å². The Kier molecular flexibility index (Phi) is 6.00. The molecule has 130 valence electrons. The average molecular weight is 340 g/mol. The lowest BCUT2D eigenvalue weighted by molar-refractivity contribution is 0.0191. The van der Waals surface area contributed by atoms with Gasteiger partial charge < -0.3 is 9.64 Å². The molecule has 1 amide bonds. The highest BCUT2D eigenvalue weighted by molar-refractivity contribution is 7.99. The Balaban J connectivity index is 1.77. The van der Waals surface area contributed by atoms with Gasteiger partial charge in [0.05, 0.1) is 5.69 Å². The van der Waals surface area contributed by atoms with Crippen LogP contribution in [0.4, 0.5) is 4.79 Å². The maximum atomic E-state index is 12.1. The quantitative estimate of drug-likeness (QED) is 0.832. The summed E-state index contributed by atoms with van der Waals surface area (Å²) in [5, 5.41) is 7.30. The number of rotatable bonds is 4. The van der Waals surface area contributed by atoms with Crippen LogP contribution in [-0.2, 0) is 4.74 Å². The van der Waals surface area contributed by atoms with Gasteiger partial charge in [-0.05, 0) is 45.4 Å². The fraction of sp³-hybridized carbons (Fsp3) is 0.765. The second kappa shape index (κ2) is 7.60. The summed E-state index contributed by atoms with van der Waals surface area (Å²) >= 11 is 1.88. The average Bonchev–Trinajstić information content (AvgIpc) is 2.92. The van der Waals surface area contributed by atoms with Gasteiger partial charge in [-0.2, -0.15) is 5.10 Å². The van der Waals surface area contributed by atoms with Crippen molar-refractivity contribution in [1.29, 1.82) is 0 Å². The Morgan fingerprint density at radius 2 is 2.09 bits per heavy atom. The van der Waals surface area contributed by atoms with Crippen molar-refractivity contribution in [3.8, 4) is 0 Å². The molecule has 1 aromatic heterocycles. The number of piperidine rings is 1. The summed E-state index contributed by atoms with van der Waals surface area (Å²) < 4.78 is 5.44. The van der Waals surface area contributed by atoms with Crippen molar-refractivity contribution in [2.24, 2.45) is 5.92 Å². The van der Waals surface area contributed by atoms with Gasteiger partial charge in [0.25, 0.3) is 0 Å². The number of hydrogen-bond donors (Lipinski definition) is 1. The van der Waals surface area contributed by atoms with Crippen molar-refractivity contribution in [1.82, 2.24) is 15.1 Å². The lowest BCUT2D eigenvalue weighted by Gasteiger charge is -2.33. The van der Waals surface area contributed by atoms with Crippen LogP contribution in [0.1, 0.15) is 59.1 Å². The highest BCUT2D eigenvalue weighted by Gasteiger charge is 2.27. The lowest BCUT2D eigenvalue weighted by atomic mass is 9.99. The van der Waals surface area contributed by atoms with E-state index in [2.05, 4.69) is 24.0 Å². The van der Waals surface area contributed by atoms with Crippen LogP contribution >= 0.6 is 11.8 Å². The van der Waals surface area contributed by atoms with Gasteiger partial charge in [-0.15, -0.1) is 11.8 Å². The van der Waals surface area contributed by atoms with Crippen molar-refractivity contribution in [2.45, 2.75) is 63.9 Å². The van der Waals surface area contributed by atoms with E-state index in [0.29, 0.717) is 11.8 Å². The standard InChI is InChI=1S/C17H29N3O2S/c1-12(2)15-14(10-18-19-15)23-11-13-6-8-20(9-7-13)16(21)22-17(3,4)5/h10,12-13H,6-9,11H2,1-5H3,(H,18,19). The Bertz CT molecular complexity index is 514. The molecule has 0 spiro atoms. The van der Waals surface area contributed by atoms with E-state index in [1.54, 1.807) is 0 Å². The van der Waals surface area contributed by atoms with Crippen LogP contribution in [0.15, 0.2) is 11.1 Å². The number of aromatic nitrogens is 2. The second-order valence-corrected chi connectivity index (χ2v) is 8.57. The Morgan fingerprint density at radius 3 is 2.65 bits per heavy atom. The third kappa shape index (κ3) is 5.44. The summed E-state index contributed by atoms with van der Waals surface area (Å²) in [6.07, 6.45) is 3.90. The first kappa shape index (κ1) is 18.2. The molecule has 1 aliphatic heterocycles. The highest BCUT2D eigenvalue weighted by atomic mass is 32.2. The molecule has 0 aliphatic carbocycles. The molecule has 1 aromatic rings. The van der Waals surface area contributed by atoms with Gasteiger partial charge in [0.1, 0.15) is 5.60 Å². The number of carbonyl (C=O) groups is 1. The molecule has 23 heavy (non-hydrogen) atoms. The third-order valence-corrected chi connectivity index (χ3v) is 5.20. The van der Waals surface area contributed by atoms with Crippen molar-refractivity contribution < 1.29 is 9.53 Å². The van der Waals surface area contributed by atoms with Gasteiger partial charge in [-0.25, -0.2) is 4.79 Å². The highest BCUT2D eigenvalue weighted by Crippen LogP contribution is 2.31. The minimum absolute atomic E-state index is 0.180. The number of ether oxygens (including phenoxy) is 1. The minimum atomic E-state index is -0.418. The van der Waals surface area contributed by atoms with Crippen LogP contribution in [0.2, 0.25) is 0 Å². The third-order valence-electron chi connectivity index (χ3n) is 3.92. The normalized spacial score (nSPS) is 16.9. The summed E-state index contributed by atoms with van der Waals surface area (Å²) in [5.41, 5.74) is 0.736. The number of thioether (sulfide) groups is 1. The Morgan fingerprint density at radius 1 is 1.43 bits per heavy atom. The van der Waals surface area contributed by atoms with Crippen molar-refractivity contribution in [3.05, 3.63) is 11.9 Å². The summed E-state index contributed by atoms with van der Waals surface area (Å²) in [5.74, 6) is 2.17. The van der Waals surface area contributed by atoms with E-state index >= 15 is 0 Å². The number of aromatic amines is 1. The summed E-state index contributed by atoms with van der Waals surface area (Å²) in [7, 11) is 0. The van der Waals surface area contributed by atoms with Crippen LogP contribution in [0.5, 0.6) is 0 Å². The van der Waals surface area contributed by atoms with Gasteiger partial charge >= 0.3 is 6.09 Å². The molecule has 0 aromatic carbocycles. The van der Waals surface area contributed by atoms with E-state index in [0.717, 1.165) is 37.4 Å². The molecule has 5 nitrogen and oxygen atoms in total. The molecule has 0 bridgehead atoms. The Labute approximate surface area is 143 Å². The van der Waals surface area contributed by atoms with Crippen LogP contribution in [0.3, 0.4) is 0 Å². The van der Waals surface area contributed by atoms with E-state index in [-0.39, 0.29) is 6.09 Å². The lowest BCUT2D eigenvalue weighted by Crippen LogP contribution is -2.42. The van der Waals surface area contributed by atoms with Crippen molar-refractivity contribution in [2.75, 3.05) is 18.8 Å². The molecule has 1 fully saturated rings. The molecule has 2 heterocycles. The predicted octanol–water partition coefficient (Wildman–Crippen LogP) is 4.27. The molecular weight excluding hydrogens is 310 g/mol. The smallest absolute Gasteiger partial charge is 0.410 e. The zero-order valence-electron chi connectivity index (χ0n) is 14.9. The zero-order valence-corrected chi connectivity index (χ0v) is 15.7. The van der Waals surface area contributed by atoms with Crippen LogP contribution in [-0.4, -0.2) is 45.6 Å². The second-order valence-electron chi connectivity index (χ2n) is 7.51. The topological polar surface area (TPSA) is 58.2 Å². The number of hydrogen-bond acceptors (Lipinski definition) is 4. The molecule has 0 saturated carbocycles. The first-order valence-electron chi connectivity index (χ1n) is 8.40. The molecule has 0 unspecified atom stereocenters. The number of carbonyl (C=O) groups excluding carboxylic acids is 1. The molecule has 2 rings (SSSR count). The number of nitrogens with zero attached hydrogens (tertiary/aromatic N) is 2. The number of likely N-dealkylation sites (tertiary alicyclic amines) is 1. The van der Waals surface area contributed by atoms with Crippen molar-refractivity contribution >= 4 is 17.9 Å². The summed E-state index contributed by atoms with van der Waals surface area (Å²) in [4.78, 5) is 15.2. The van der Waals surface area contributed by atoms with E-state index in [1.807, 2.05) is 43.6 Å². The monoisotopic (exact) mass is 339 g/mol. The van der Waals surface area contributed by atoms with E-state index in [1.165, 1.54) is 4.90 Å². The fourth-order valence-corrected chi connectivity index (χ4v) is 3.95. The van der Waals surface area contributed by atoms with Crippen LogP contribution in [0.25, 0.3) is 0 Å². The SMILES string of the molecule is CC(C)c1n[nH]cc1SCC1CCN(C(=O)OC(C)(C)C)CC1. The first-order valence-corrected chi connectivity index (χ1v) is 9.39. The molecule has 6 heteroatoms. The van der Waals surface area contributed by atoms with Gasteiger partial charge in [-0.1, -0.05) is 13.8 Å². The molecule has 0 radical (unpaired) electrons. The molecule has 1 saturated heterocycles. The number of amides is 1. The van der Waals surface area contributed by atoms with Gasteiger partial charge in [-0.3, -0.25) is 5.10 Å². The largest absolute Gasteiger partial charge is 0.444 e.